The van der Waals surface area contributed by atoms with Crippen molar-refractivity contribution < 1.29 is 13.6 Å². The average molecular weight is 456 g/mol. The molecule has 1 saturated heterocycles. The average Bonchev–Trinajstić information content (AvgIpc) is 3.52. The Morgan fingerprint density at radius 1 is 1.19 bits per heavy atom. The first kappa shape index (κ1) is 19.5. The van der Waals surface area contributed by atoms with Crippen molar-refractivity contribution >= 4 is 45.9 Å². The molecule has 1 aromatic carbocycles. The van der Waals surface area contributed by atoms with Crippen LogP contribution in [0.1, 0.15) is 16.2 Å². The molecular formula is C21H15Cl2N5O3. The highest BCUT2D eigenvalue weighted by Gasteiger charge is 2.29. The summed E-state index contributed by atoms with van der Waals surface area (Å²) in [6.07, 6.45) is 1.51. The SMILES string of the molecule is N#Cc1nc(-c2ccco2)oc1N1CCN(C(=O)c2[nH]c3ccc(Cl)cc3c2Cl)CC1. The highest BCUT2D eigenvalue weighted by molar-refractivity contribution is 6.39. The zero-order valence-corrected chi connectivity index (χ0v) is 17.6. The summed E-state index contributed by atoms with van der Waals surface area (Å²) in [6.45, 7) is 1.84. The van der Waals surface area contributed by atoms with Gasteiger partial charge in [0, 0.05) is 42.1 Å². The van der Waals surface area contributed by atoms with Gasteiger partial charge < -0.3 is 23.6 Å². The lowest BCUT2D eigenvalue weighted by atomic mass is 10.2. The fourth-order valence-corrected chi connectivity index (χ4v) is 4.11. The third-order valence-corrected chi connectivity index (χ3v) is 5.84. The second kappa shape index (κ2) is 7.69. The largest absolute Gasteiger partial charge is 0.459 e. The minimum Gasteiger partial charge on any atom is -0.459 e. The fourth-order valence-electron chi connectivity index (χ4n) is 3.65. The number of nitriles is 1. The van der Waals surface area contributed by atoms with Gasteiger partial charge >= 0.3 is 0 Å². The number of aromatic nitrogens is 2. The minimum atomic E-state index is -0.189. The summed E-state index contributed by atoms with van der Waals surface area (Å²) < 4.78 is 11.1. The zero-order chi connectivity index (χ0) is 21.5. The van der Waals surface area contributed by atoms with Crippen molar-refractivity contribution in [1.82, 2.24) is 14.9 Å². The van der Waals surface area contributed by atoms with E-state index in [1.54, 1.807) is 35.2 Å². The van der Waals surface area contributed by atoms with E-state index in [-0.39, 0.29) is 17.5 Å². The summed E-state index contributed by atoms with van der Waals surface area (Å²) in [7, 11) is 0. The van der Waals surface area contributed by atoms with Crippen molar-refractivity contribution in [3.63, 3.8) is 0 Å². The summed E-state index contributed by atoms with van der Waals surface area (Å²) in [5, 5.41) is 11.1. The first-order valence-corrected chi connectivity index (χ1v) is 10.3. The summed E-state index contributed by atoms with van der Waals surface area (Å²) in [6, 6.07) is 10.8. The predicted molar refractivity (Wildman–Crippen MR) is 115 cm³/mol. The molecule has 1 fully saturated rings. The lowest BCUT2D eigenvalue weighted by Crippen LogP contribution is -2.49. The third-order valence-electron chi connectivity index (χ3n) is 5.21. The van der Waals surface area contributed by atoms with Crippen molar-refractivity contribution in [3.8, 4) is 17.7 Å². The van der Waals surface area contributed by atoms with Crippen LogP contribution in [-0.2, 0) is 0 Å². The Hall–Kier alpha value is -3.41. The number of carbonyl (C=O) groups excluding carboxylic acids is 1. The molecule has 0 aliphatic carbocycles. The van der Waals surface area contributed by atoms with E-state index >= 15 is 0 Å². The number of piperazine rings is 1. The summed E-state index contributed by atoms with van der Waals surface area (Å²) in [5.41, 5.74) is 1.27. The van der Waals surface area contributed by atoms with Gasteiger partial charge in [-0.05, 0) is 30.3 Å². The Kier molecular flexibility index (Phi) is 4.85. The van der Waals surface area contributed by atoms with Gasteiger partial charge in [0.05, 0.1) is 11.3 Å². The number of hydrogen-bond donors (Lipinski definition) is 1. The maximum absolute atomic E-state index is 13.1. The highest BCUT2D eigenvalue weighted by atomic mass is 35.5. The molecule has 156 valence electrons. The van der Waals surface area contributed by atoms with Gasteiger partial charge in [-0.3, -0.25) is 4.79 Å². The Morgan fingerprint density at radius 2 is 2.00 bits per heavy atom. The number of anilines is 1. The summed E-state index contributed by atoms with van der Waals surface area (Å²) in [5.74, 6) is 0.884. The number of carbonyl (C=O) groups is 1. The number of benzene rings is 1. The number of aromatic amines is 1. The van der Waals surface area contributed by atoms with Gasteiger partial charge in [-0.2, -0.15) is 10.2 Å². The molecule has 31 heavy (non-hydrogen) atoms. The van der Waals surface area contributed by atoms with E-state index < -0.39 is 0 Å². The van der Waals surface area contributed by atoms with E-state index in [0.29, 0.717) is 58.9 Å². The van der Waals surface area contributed by atoms with Gasteiger partial charge in [-0.25, -0.2) is 0 Å². The van der Waals surface area contributed by atoms with Crippen LogP contribution >= 0.6 is 23.2 Å². The molecule has 0 unspecified atom stereocenters. The second-order valence-electron chi connectivity index (χ2n) is 7.05. The molecule has 8 nitrogen and oxygen atoms in total. The van der Waals surface area contributed by atoms with E-state index in [4.69, 9.17) is 32.0 Å². The molecule has 0 atom stereocenters. The van der Waals surface area contributed by atoms with Crippen LogP contribution < -0.4 is 4.90 Å². The zero-order valence-electron chi connectivity index (χ0n) is 16.1. The first-order valence-electron chi connectivity index (χ1n) is 9.51. The van der Waals surface area contributed by atoms with Crippen molar-refractivity contribution in [2.75, 3.05) is 31.1 Å². The van der Waals surface area contributed by atoms with Crippen molar-refractivity contribution in [3.05, 3.63) is 58.0 Å². The van der Waals surface area contributed by atoms with E-state index in [9.17, 15) is 10.1 Å². The summed E-state index contributed by atoms with van der Waals surface area (Å²) in [4.78, 5) is 24.0. The number of oxazole rings is 1. The Bertz CT molecular complexity index is 1310. The van der Waals surface area contributed by atoms with Gasteiger partial charge in [-0.15, -0.1) is 0 Å². The molecule has 5 rings (SSSR count). The van der Waals surface area contributed by atoms with Crippen LogP contribution in [0, 0.1) is 11.3 Å². The maximum atomic E-state index is 13.1. The van der Waals surface area contributed by atoms with Gasteiger partial charge in [-0.1, -0.05) is 23.2 Å². The van der Waals surface area contributed by atoms with Crippen LogP contribution in [0.15, 0.2) is 45.4 Å². The standard InChI is InChI=1S/C21H15Cl2N5O3/c22-12-3-4-14-13(10-12)17(23)18(25-14)20(29)27-5-7-28(8-6-27)21-15(11-24)26-19(31-21)16-2-1-9-30-16/h1-4,9-10,25H,5-8H2. The molecule has 10 heteroatoms. The smallest absolute Gasteiger partial charge is 0.271 e. The van der Waals surface area contributed by atoms with E-state index in [0.717, 1.165) is 5.52 Å². The molecule has 1 amide bonds. The van der Waals surface area contributed by atoms with Crippen molar-refractivity contribution in [2.24, 2.45) is 0 Å². The Morgan fingerprint density at radius 3 is 2.71 bits per heavy atom. The van der Waals surface area contributed by atoms with Crippen LogP contribution in [0.25, 0.3) is 22.6 Å². The normalized spacial score (nSPS) is 14.2. The molecule has 1 aliphatic heterocycles. The molecule has 0 spiro atoms. The third kappa shape index (κ3) is 3.42. The molecule has 0 radical (unpaired) electrons. The lowest BCUT2D eigenvalue weighted by molar-refractivity contribution is 0.0740. The van der Waals surface area contributed by atoms with Gasteiger partial charge in [0.2, 0.25) is 11.6 Å². The number of fused-ring (bicyclic) bond motifs is 1. The number of halogens is 2. The monoisotopic (exact) mass is 455 g/mol. The van der Waals surface area contributed by atoms with E-state index in [1.807, 2.05) is 4.90 Å². The van der Waals surface area contributed by atoms with E-state index in [2.05, 4.69) is 16.0 Å². The molecule has 4 aromatic rings. The first-order chi connectivity index (χ1) is 15.0. The van der Waals surface area contributed by atoms with Crippen LogP contribution in [-0.4, -0.2) is 47.0 Å². The second-order valence-corrected chi connectivity index (χ2v) is 7.86. The number of H-pyrrole nitrogens is 1. The number of furan rings is 1. The quantitative estimate of drug-likeness (QED) is 0.485. The summed E-state index contributed by atoms with van der Waals surface area (Å²) >= 11 is 12.5. The Balaban J connectivity index is 1.34. The van der Waals surface area contributed by atoms with Crippen molar-refractivity contribution in [2.45, 2.75) is 0 Å². The van der Waals surface area contributed by atoms with Crippen LogP contribution in [0.3, 0.4) is 0 Å². The molecule has 0 bridgehead atoms. The predicted octanol–water partition coefficient (Wildman–Crippen LogP) is 4.56. The van der Waals surface area contributed by atoms with Crippen LogP contribution in [0.2, 0.25) is 10.0 Å². The van der Waals surface area contributed by atoms with Crippen molar-refractivity contribution in [1.29, 1.82) is 5.26 Å². The van der Waals surface area contributed by atoms with Gasteiger partial charge in [0.1, 0.15) is 11.8 Å². The number of nitrogens with one attached hydrogen (secondary N) is 1. The highest BCUT2D eigenvalue weighted by Crippen LogP contribution is 2.32. The molecular weight excluding hydrogens is 441 g/mol. The van der Waals surface area contributed by atoms with E-state index in [1.165, 1.54) is 6.26 Å². The topological polar surface area (TPSA) is 102 Å². The minimum absolute atomic E-state index is 0.182. The van der Waals surface area contributed by atoms with Gasteiger partial charge in [0.25, 0.3) is 11.8 Å². The lowest BCUT2D eigenvalue weighted by Gasteiger charge is -2.34. The fraction of sp³-hybridized carbons (Fsp3) is 0.190. The molecule has 0 saturated carbocycles. The number of hydrogen-bond acceptors (Lipinski definition) is 6. The molecule has 3 aromatic heterocycles. The van der Waals surface area contributed by atoms with Crippen LogP contribution in [0.4, 0.5) is 5.88 Å². The molecule has 4 heterocycles. The van der Waals surface area contributed by atoms with Crippen LogP contribution in [0.5, 0.6) is 0 Å². The number of nitrogens with zero attached hydrogens (tertiary/aromatic N) is 4. The van der Waals surface area contributed by atoms with Gasteiger partial charge in [0.15, 0.2) is 5.76 Å². The molecule has 1 aliphatic rings. The molecule has 1 N–H and O–H groups in total. The maximum Gasteiger partial charge on any atom is 0.271 e. The number of rotatable bonds is 3. The Labute approximate surface area is 186 Å². The number of amides is 1.